The van der Waals surface area contributed by atoms with Crippen molar-refractivity contribution in [1.29, 1.82) is 0 Å². The first-order valence-corrected chi connectivity index (χ1v) is 8.41. The molecular weight excluding hydrogens is 340 g/mol. The molecule has 4 aromatic rings. The molecule has 0 bridgehead atoms. The molecule has 4 rings (SSSR count). The van der Waals surface area contributed by atoms with Gasteiger partial charge < -0.3 is 5.11 Å². The Morgan fingerprint density at radius 2 is 1.78 bits per heavy atom. The fraction of sp³-hybridized carbons (Fsp3) is 0.0476. The van der Waals surface area contributed by atoms with Crippen molar-refractivity contribution >= 4 is 23.1 Å². The van der Waals surface area contributed by atoms with Crippen molar-refractivity contribution in [3.63, 3.8) is 0 Å². The number of aryl methyl sites for hydroxylation is 1. The Kier molecular flexibility index (Phi) is 4.22. The lowest BCUT2D eigenvalue weighted by Gasteiger charge is -2.02. The quantitative estimate of drug-likeness (QED) is 0.496. The van der Waals surface area contributed by atoms with Gasteiger partial charge in [0.25, 0.3) is 0 Å². The molecule has 2 heterocycles. The number of benzene rings is 2. The Bertz CT molecular complexity index is 1160. The van der Waals surface area contributed by atoms with E-state index in [1.165, 1.54) is 6.07 Å². The molecule has 0 aliphatic carbocycles. The van der Waals surface area contributed by atoms with E-state index >= 15 is 0 Å². The molecule has 6 heteroatoms. The zero-order valence-corrected chi connectivity index (χ0v) is 14.6. The van der Waals surface area contributed by atoms with Gasteiger partial charge in [0.2, 0.25) is 0 Å². The number of azo groups is 1. The Labute approximate surface area is 155 Å². The zero-order valence-electron chi connectivity index (χ0n) is 14.6. The van der Waals surface area contributed by atoms with Gasteiger partial charge in [-0.25, -0.2) is 9.78 Å². The number of carboxylic acids is 1. The number of hydrogen-bond donors (Lipinski definition) is 1. The van der Waals surface area contributed by atoms with Crippen LogP contribution in [0.25, 0.3) is 16.9 Å². The van der Waals surface area contributed by atoms with Gasteiger partial charge in [-0.3, -0.25) is 4.40 Å². The second kappa shape index (κ2) is 6.84. The highest BCUT2D eigenvalue weighted by Crippen LogP contribution is 2.32. The Morgan fingerprint density at radius 3 is 2.56 bits per heavy atom. The van der Waals surface area contributed by atoms with E-state index in [2.05, 4.69) is 15.2 Å². The lowest BCUT2D eigenvalue weighted by Crippen LogP contribution is -1.95. The van der Waals surface area contributed by atoms with Crippen molar-refractivity contribution in [1.82, 2.24) is 9.38 Å². The van der Waals surface area contributed by atoms with Gasteiger partial charge in [-0.1, -0.05) is 42.5 Å². The maximum Gasteiger partial charge on any atom is 0.335 e. The fourth-order valence-corrected chi connectivity index (χ4v) is 2.82. The monoisotopic (exact) mass is 356 g/mol. The number of aromatic carboxylic acids is 1. The molecule has 0 spiro atoms. The Hall–Kier alpha value is -3.80. The van der Waals surface area contributed by atoms with E-state index in [0.29, 0.717) is 11.5 Å². The van der Waals surface area contributed by atoms with Gasteiger partial charge in [0.05, 0.1) is 11.3 Å². The molecule has 1 N–H and O–H groups in total. The van der Waals surface area contributed by atoms with Crippen LogP contribution in [-0.2, 0) is 0 Å². The molecule has 0 aliphatic heterocycles. The molecule has 2 aromatic heterocycles. The number of aromatic nitrogens is 2. The first-order valence-electron chi connectivity index (χ1n) is 8.41. The largest absolute Gasteiger partial charge is 0.478 e. The minimum atomic E-state index is -0.994. The molecule has 132 valence electrons. The van der Waals surface area contributed by atoms with Gasteiger partial charge >= 0.3 is 5.97 Å². The summed E-state index contributed by atoms with van der Waals surface area (Å²) >= 11 is 0. The molecule has 0 saturated carbocycles. The van der Waals surface area contributed by atoms with Gasteiger partial charge in [-0.05, 0) is 36.8 Å². The molecule has 0 saturated heterocycles. The molecule has 0 aliphatic rings. The van der Waals surface area contributed by atoms with Crippen LogP contribution in [0.5, 0.6) is 0 Å². The number of nitrogens with zero attached hydrogens (tertiary/aromatic N) is 4. The van der Waals surface area contributed by atoms with Crippen LogP contribution in [0, 0.1) is 6.92 Å². The molecule has 6 nitrogen and oxygen atoms in total. The first-order chi connectivity index (χ1) is 13.1. The third-order valence-electron chi connectivity index (χ3n) is 4.26. The normalized spacial score (nSPS) is 11.3. The van der Waals surface area contributed by atoms with Crippen LogP contribution >= 0.6 is 0 Å². The third kappa shape index (κ3) is 3.20. The van der Waals surface area contributed by atoms with Crippen LogP contribution in [0.15, 0.2) is 83.2 Å². The van der Waals surface area contributed by atoms with E-state index in [1.807, 2.05) is 66.1 Å². The summed E-state index contributed by atoms with van der Waals surface area (Å²) in [5.74, 6) is -0.400. The summed E-state index contributed by atoms with van der Waals surface area (Å²) < 4.78 is 1.86. The number of imidazole rings is 1. The van der Waals surface area contributed by atoms with Gasteiger partial charge in [0, 0.05) is 11.8 Å². The maximum atomic E-state index is 11.2. The molecule has 0 atom stereocenters. The average Bonchev–Trinajstić information content (AvgIpc) is 3.06. The summed E-state index contributed by atoms with van der Waals surface area (Å²) in [6.07, 6.45) is 1.88. The van der Waals surface area contributed by atoms with Crippen molar-refractivity contribution in [2.75, 3.05) is 0 Å². The SMILES string of the molecule is Cc1ccc(C(=O)O)cc1N=Nc1c(-c2ccccc2)nc2ccccn12. The number of pyridine rings is 1. The summed E-state index contributed by atoms with van der Waals surface area (Å²) in [5, 5.41) is 18.0. The van der Waals surface area contributed by atoms with Crippen LogP contribution in [0.3, 0.4) is 0 Å². The van der Waals surface area contributed by atoms with Gasteiger partial charge in [-0.15, -0.1) is 10.2 Å². The molecule has 0 amide bonds. The summed E-state index contributed by atoms with van der Waals surface area (Å²) in [5.41, 5.74) is 3.96. The zero-order chi connectivity index (χ0) is 18.8. The molecule has 0 radical (unpaired) electrons. The molecule has 0 fully saturated rings. The number of fused-ring (bicyclic) bond motifs is 1. The van der Waals surface area contributed by atoms with E-state index in [4.69, 9.17) is 0 Å². The van der Waals surface area contributed by atoms with Crippen LogP contribution in [-0.4, -0.2) is 20.5 Å². The van der Waals surface area contributed by atoms with E-state index in [1.54, 1.807) is 12.1 Å². The second-order valence-corrected chi connectivity index (χ2v) is 6.09. The smallest absolute Gasteiger partial charge is 0.335 e. The van der Waals surface area contributed by atoms with Crippen LogP contribution < -0.4 is 0 Å². The third-order valence-corrected chi connectivity index (χ3v) is 4.26. The predicted octanol–water partition coefficient (Wildman–Crippen LogP) is 5.42. The van der Waals surface area contributed by atoms with Gasteiger partial charge in [0.1, 0.15) is 11.3 Å². The van der Waals surface area contributed by atoms with E-state index in [9.17, 15) is 9.90 Å². The van der Waals surface area contributed by atoms with Crippen LogP contribution in [0.1, 0.15) is 15.9 Å². The number of rotatable bonds is 4. The van der Waals surface area contributed by atoms with Crippen LogP contribution in [0.2, 0.25) is 0 Å². The minimum Gasteiger partial charge on any atom is -0.478 e. The highest BCUT2D eigenvalue weighted by Gasteiger charge is 2.14. The highest BCUT2D eigenvalue weighted by atomic mass is 16.4. The standard InChI is InChI=1S/C21H16N4O2/c1-14-10-11-16(21(26)27)13-17(14)23-24-20-19(15-7-3-2-4-8-15)22-18-9-5-6-12-25(18)20/h2-13H,1H3,(H,26,27). The summed E-state index contributed by atoms with van der Waals surface area (Å²) in [7, 11) is 0. The fourth-order valence-electron chi connectivity index (χ4n) is 2.82. The Morgan fingerprint density at radius 1 is 1.00 bits per heavy atom. The lowest BCUT2D eigenvalue weighted by molar-refractivity contribution is 0.0697. The average molecular weight is 356 g/mol. The summed E-state index contributed by atoms with van der Waals surface area (Å²) in [6.45, 7) is 1.87. The second-order valence-electron chi connectivity index (χ2n) is 6.09. The van der Waals surface area contributed by atoms with E-state index in [0.717, 1.165) is 22.5 Å². The van der Waals surface area contributed by atoms with Crippen molar-refractivity contribution in [3.8, 4) is 11.3 Å². The van der Waals surface area contributed by atoms with Gasteiger partial charge in [0.15, 0.2) is 5.82 Å². The van der Waals surface area contributed by atoms with E-state index in [-0.39, 0.29) is 5.56 Å². The molecule has 27 heavy (non-hydrogen) atoms. The van der Waals surface area contributed by atoms with Crippen molar-refractivity contribution in [2.45, 2.75) is 6.92 Å². The van der Waals surface area contributed by atoms with Gasteiger partial charge in [-0.2, -0.15) is 0 Å². The van der Waals surface area contributed by atoms with Crippen LogP contribution in [0.4, 0.5) is 11.5 Å². The molecule has 2 aromatic carbocycles. The number of carboxylic acid groups (broad SMARTS) is 1. The minimum absolute atomic E-state index is 0.177. The van der Waals surface area contributed by atoms with Crippen molar-refractivity contribution in [3.05, 3.63) is 84.1 Å². The van der Waals surface area contributed by atoms with Crippen molar-refractivity contribution in [2.24, 2.45) is 10.2 Å². The number of carbonyl (C=O) groups is 1. The topological polar surface area (TPSA) is 79.3 Å². The number of hydrogen-bond acceptors (Lipinski definition) is 4. The predicted molar refractivity (Wildman–Crippen MR) is 103 cm³/mol. The highest BCUT2D eigenvalue weighted by molar-refractivity contribution is 5.88. The molecule has 0 unspecified atom stereocenters. The lowest BCUT2D eigenvalue weighted by atomic mass is 10.1. The maximum absolute atomic E-state index is 11.2. The van der Waals surface area contributed by atoms with E-state index < -0.39 is 5.97 Å². The Balaban J connectivity index is 1.86. The first kappa shape index (κ1) is 16.7. The summed E-state index contributed by atoms with van der Waals surface area (Å²) in [4.78, 5) is 15.9. The molecular formula is C21H16N4O2. The van der Waals surface area contributed by atoms with Crippen molar-refractivity contribution < 1.29 is 9.90 Å². The summed E-state index contributed by atoms with van der Waals surface area (Å²) in [6, 6.07) is 20.3.